The first-order valence-electron chi connectivity index (χ1n) is 3.48. The van der Waals surface area contributed by atoms with Crippen LogP contribution >= 0.6 is 15.9 Å². The van der Waals surface area contributed by atoms with E-state index in [1.165, 1.54) is 12.1 Å². The van der Waals surface area contributed by atoms with E-state index in [0.29, 0.717) is 15.9 Å². The molecule has 4 nitrogen and oxygen atoms in total. The van der Waals surface area contributed by atoms with Crippen molar-refractivity contribution in [2.75, 3.05) is 0 Å². The number of pyridine rings is 1. The highest BCUT2D eigenvalue weighted by Crippen LogP contribution is 2.21. The molecule has 0 unspecified atom stereocenters. The molecule has 0 N–H and O–H groups in total. The van der Waals surface area contributed by atoms with Crippen LogP contribution in [0.15, 0.2) is 23.3 Å². The summed E-state index contributed by atoms with van der Waals surface area (Å²) in [5.41, 5.74) is 1.24. The zero-order valence-electron chi connectivity index (χ0n) is 6.95. The number of halogens is 1. The van der Waals surface area contributed by atoms with Gasteiger partial charge >= 0.3 is 0 Å². The molecule has 0 aliphatic heterocycles. The molecule has 0 saturated carbocycles. The van der Waals surface area contributed by atoms with Crippen molar-refractivity contribution in [3.05, 3.63) is 39.1 Å². The minimum Gasteiger partial charge on any atom is -0.258 e. The molecule has 5 heteroatoms. The molecule has 0 spiro atoms. The number of rotatable bonds is 2. The summed E-state index contributed by atoms with van der Waals surface area (Å²) < 4.78 is 0.444. The minimum absolute atomic E-state index is 0.0138. The van der Waals surface area contributed by atoms with Crippen molar-refractivity contribution >= 4 is 27.2 Å². The minimum atomic E-state index is -0.459. The lowest BCUT2D eigenvalue weighted by molar-refractivity contribution is -0.385. The van der Waals surface area contributed by atoms with Crippen LogP contribution in [-0.2, 0) is 0 Å². The summed E-state index contributed by atoms with van der Waals surface area (Å²) in [4.78, 5) is 14.0. The van der Waals surface area contributed by atoms with Crippen molar-refractivity contribution in [1.29, 1.82) is 0 Å². The Morgan fingerprint density at radius 2 is 2.31 bits per heavy atom. The Bertz CT molecular complexity index is 344. The molecule has 0 saturated heterocycles. The summed E-state index contributed by atoms with van der Waals surface area (Å²) in [5, 5.41) is 10.5. The Balaban J connectivity index is 3.26. The lowest BCUT2D eigenvalue weighted by Gasteiger charge is -1.99. The second-order valence-electron chi connectivity index (χ2n) is 2.57. The van der Waals surface area contributed by atoms with E-state index in [2.05, 4.69) is 27.5 Å². The second-order valence-corrected chi connectivity index (χ2v) is 3.38. The van der Waals surface area contributed by atoms with Crippen LogP contribution < -0.4 is 0 Å². The Hall–Kier alpha value is -1.23. The fraction of sp³-hybridized carbons (Fsp3) is 0.125. The normalized spacial score (nSPS) is 9.69. The molecule has 68 valence electrons. The van der Waals surface area contributed by atoms with Gasteiger partial charge in [-0.25, -0.2) is 4.98 Å². The quantitative estimate of drug-likeness (QED) is 0.456. The predicted octanol–water partition coefficient (Wildman–Crippen LogP) is 2.79. The molecular weight excluding hydrogens is 236 g/mol. The van der Waals surface area contributed by atoms with Crippen LogP contribution in [0.3, 0.4) is 0 Å². The smallest absolute Gasteiger partial charge is 0.258 e. The molecule has 0 atom stereocenters. The molecule has 0 bridgehead atoms. The Labute approximate surface area is 83.6 Å². The van der Waals surface area contributed by atoms with Crippen molar-refractivity contribution < 1.29 is 4.92 Å². The number of allylic oxidation sites excluding steroid dienone is 1. The van der Waals surface area contributed by atoms with E-state index in [1.807, 2.05) is 0 Å². The van der Waals surface area contributed by atoms with Crippen molar-refractivity contribution in [3.8, 4) is 0 Å². The highest BCUT2D eigenvalue weighted by molar-refractivity contribution is 9.10. The SMILES string of the molecule is C=C(C)c1cc([N+](=O)[O-])cc(Br)n1. The number of aromatic nitrogens is 1. The topological polar surface area (TPSA) is 56.0 Å². The molecule has 0 radical (unpaired) electrons. The van der Waals surface area contributed by atoms with E-state index in [9.17, 15) is 10.1 Å². The van der Waals surface area contributed by atoms with Crippen LogP contribution in [0.4, 0.5) is 5.69 Å². The maximum absolute atomic E-state index is 10.5. The van der Waals surface area contributed by atoms with E-state index in [4.69, 9.17) is 0 Å². The molecule has 0 aliphatic rings. The molecule has 0 fully saturated rings. The van der Waals surface area contributed by atoms with Crippen molar-refractivity contribution in [3.63, 3.8) is 0 Å². The first-order chi connectivity index (χ1) is 6.00. The van der Waals surface area contributed by atoms with Gasteiger partial charge in [0.1, 0.15) is 4.60 Å². The summed E-state index contributed by atoms with van der Waals surface area (Å²) in [7, 11) is 0. The molecular formula is C8H7BrN2O2. The summed E-state index contributed by atoms with van der Waals surface area (Å²) >= 11 is 3.09. The Morgan fingerprint density at radius 1 is 1.69 bits per heavy atom. The van der Waals surface area contributed by atoms with Gasteiger partial charge in [0.05, 0.1) is 10.6 Å². The standard InChI is InChI=1S/C8H7BrN2O2/c1-5(2)7-3-6(11(12)13)4-8(9)10-7/h3-4H,1H2,2H3. The number of nitro groups is 1. The summed E-state index contributed by atoms with van der Waals surface area (Å²) in [6, 6.07) is 2.75. The van der Waals surface area contributed by atoms with E-state index in [1.54, 1.807) is 6.92 Å². The van der Waals surface area contributed by atoms with Crippen LogP contribution in [0.25, 0.3) is 5.57 Å². The van der Waals surface area contributed by atoms with Crippen LogP contribution in [0.1, 0.15) is 12.6 Å². The lowest BCUT2D eigenvalue weighted by atomic mass is 10.2. The van der Waals surface area contributed by atoms with E-state index in [0.717, 1.165) is 0 Å². The third kappa shape index (κ3) is 2.35. The molecule has 0 aromatic carbocycles. The van der Waals surface area contributed by atoms with E-state index >= 15 is 0 Å². The van der Waals surface area contributed by atoms with Gasteiger partial charge in [-0.2, -0.15) is 0 Å². The van der Waals surface area contributed by atoms with Gasteiger partial charge in [-0.1, -0.05) is 6.58 Å². The van der Waals surface area contributed by atoms with E-state index < -0.39 is 4.92 Å². The van der Waals surface area contributed by atoms with Crippen LogP contribution in [0.2, 0.25) is 0 Å². The third-order valence-corrected chi connectivity index (χ3v) is 1.83. The van der Waals surface area contributed by atoms with Crippen molar-refractivity contribution in [2.45, 2.75) is 6.92 Å². The van der Waals surface area contributed by atoms with Crippen molar-refractivity contribution in [1.82, 2.24) is 4.98 Å². The first-order valence-corrected chi connectivity index (χ1v) is 4.28. The van der Waals surface area contributed by atoms with Crippen molar-refractivity contribution in [2.24, 2.45) is 0 Å². The lowest BCUT2D eigenvalue weighted by Crippen LogP contribution is -1.92. The highest BCUT2D eigenvalue weighted by Gasteiger charge is 2.09. The van der Waals surface area contributed by atoms with Gasteiger partial charge in [0.2, 0.25) is 0 Å². The highest BCUT2D eigenvalue weighted by atomic mass is 79.9. The van der Waals surface area contributed by atoms with Gasteiger partial charge in [-0.3, -0.25) is 10.1 Å². The number of hydrogen-bond acceptors (Lipinski definition) is 3. The second kappa shape index (κ2) is 3.66. The zero-order valence-corrected chi connectivity index (χ0v) is 8.54. The monoisotopic (exact) mass is 242 g/mol. The average Bonchev–Trinajstić information content (AvgIpc) is 2.03. The zero-order chi connectivity index (χ0) is 10.0. The molecule has 0 amide bonds. The summed E-state index contributed by atoms with van der Waals surface area (Å²) in [6.45, 7) is 5.41. The average molecular weight is 243 g/mol. The molecule has 1 aromatic heterocycles. The fourth-order valence-corrected chi connectivity index (χ4v) is 1.23. The molecule has 0 aliphatic carbocycles. The molecule has 1 heterocycles. The van der Waals surface area contributed by atoms with Gasteiger partial charge in [0, 0.05) is 12.1 Å². The Kier molecular flexibility index (Phi) is 2.77. The van der Waals surface area contributed by atoms with Crippen LogP contribution in [-0.4, -0.2) is 9.91 Å². The number of hydrogen-bond donors (Lipinski definition) is 0. The summed E-state index contributed by atoms with van der Waals surface area (Å²) in [5.74, 6) is 0. The summed E-state index contributed by atoms with van der Waals surface area (Å²) in [6.07, 6.45) is 0. The predicted molar refractivity (Wildman–Crippen MR) is 53.3 cm³/mol. The third-order valence-electron chi connectivity index (χ3n) is 1.43. The maximum atomic E-state index is 10.5. The molecule has 1 rings (SSSR count). The van der Waals surface area contributed by atoms with Gasteiger partial charge < -0.3 is 0 Å². The van der Waals surface area contributed by atoms with E-state index in [-0.39, 0.29) is 5.69 Å². The van der Waals surface area contributed by atoms with Gasteiger partial charge in [0.15, 0.2) is 0 Å². The number of nitrogens with zero attached hydrogens (tertiary/aromatic N) is 2. The Morgan fingerprint density at radius 3 is 2.77 bits per heavy atom. The molecule has 13 heavy (non-hydrogen) atoms. The van der Waals surface area contributed by atoms with Crippen LogP contribution in [0, 0.1) is 10.1 Å². The van der Waals surface area contributed by atoms with Crippen LogP contribution in [0.5, 0.6) is 0 Å². The maximum Gasteiger partial charge on any atom is 0.274 e. The van der Waals surface area contributed by atoms with Gasteiger partial charge in [-0.05, 0) is 28.4 Å². The van der Waals surface area contributed by atoms with Gasteiger partial charge in [-0.15, -0.1) is 0 Å². The molecule has 1 aromatic rings. The van der Waals surface area contributed by atoms with Gasteiger partial charge in [0.25, 0.3) is 5.69 Å². The largest absolute Gasteiger partial charge is 0.274 e. The fourth-order valence-electron chi connectivity index (χ4n) is 0.807. The first kappa shape index (κ1) is 9.85.